The van der Waals surface area contributed by atoms with E-state index >= 15 is 0 Å². The fourth-order valence-corrected chi connectivity index (χ4v) is 7.10. The Kier molecular flexibility index (Phi) is 6.42. The van der Waals surface area contributed by atoms with Gasteiger partial charge in [-0.15, -0.1) is 0 Å². The average molecular weight is 641 g/mol. The molecular weight excluding hydrogens is 613 g/mol. The van der Waals surface area contributed by atoms with Crippen LogP contribution in [0.25, 0.3) is 94.7 Å². The molecule has 0 saturated heterocycles. The topological polar surface area (TPSA) is 56.7 Å². The number of aromatic nitrogens is 4. The number of rotatable bonds is 5. The highest BCUT2D eigenvalue weighted by Gasteiger charge is 2.20. The molecule has 10 aromatic rings. The molecule has 0 spiro atoms. The summed E-state index contributed by atoms with van der Waals surface area (Å²) in [5.41, 5.74) is 9.90. The summed E-state index contributed by atoms with van der Waals surface area (Å²) < 4.78 is 8.50. The van der Waals surface area contributed by atoms with E-state index < -0.39 is 0 Å². The number of hydrogen-bond acceptors (Lipinski definition) is 4. The van der Waals surface area contributed by atoms with Crippen LogP contribution in [0.1, 0.15) is 0 Å². The SMILES string of the molecule is c1ccc(-c2ccc(-c3nc(-c4ccccc4)nc(-c4ccc5oc6ccccc6c5c4)n3)c(-n3c4ccccc4c4ccccc43)c2)cc1. The van der Waals surface area contributed by atoms with E-state index in [1.807, 2.05) is 66.7 Å². The molecule has 50 heavy (non-hydrogen) atoms. The fourth-order valence-electron chi connectivity index (χ4n) is 7.10. The second-order valence-electron chi connectivity index (χ2n) is 12.4. The highest BCUT2D eigenvalue weighted by molar-refractivity contribution is 6.10. The van der Waals surface area contributed by atoms with Gasteiger partial charge in [-0.3, -0.25) is 0 Å². The number of fused-ring (bicyclic) bond motifs is 6. The van der Waals surface area contributed by atoms with E-state index in [4.69, 9.17) is 19.4 Å². The van der Waals surface area contributed by atoms with Gasteiger partial charge in [0, 0.05) is 38.2 Å². The van der Waals surface area contributed by atoms with Crippen molar-refractivity contribution in [2.75, 3.05) is 0 Å². The van der Waals surface area contributed by atoms with E-state index in [2.05, 4.69) is 108 Å². The zero-order chi connectivity index (χ0) is 33.0. The standard InChI is InChI=1S/C45H28N4O/c1-3-13-29(14-4-1)31-23-25-36(40(28-31)49-38-20-10-7-17-33(38)34-18-8-11-21-39(34)49)45-47-43(30-15-5-2-6-16-30)46-44(48-45)32-24-26-42-37(27-32)35-19-9-12-22-41(35)50-42/h1-28H. The van der Waals surface area contributed by atoms with Crippen molar-refractivity contribution < 1.29 is 4.42 Å². The Morgan fingerprint density at radius 2 is 0.900 bits per heavy atom. The van der Waals surface area contributed by atoms with Crippen LogP contribution in [0.15, 0.2) is 174 Å². The molecule has 0 saturated carbocycles. The number of hydrogen-bond donors (Lipinski definition) is 0. The summed E-state index contributed by atoms with van der Waals surface area (Å²) in [4.78, 5) is 15.5. The van der Waals surface area contributed by atoms with Crippen molar-refractivity contribution in [3.63, 3.8) is 0 Å². The third-order valence-corrected chi connectivity index (χ3v) is 9.47. The number of furan rings is 1. The van der Waals surface area contributed by atoms with Crippen molar-refractivity contribution >= 4 is 43.7 Å². The molecule has 0 atom stereocenters. The number of benzene rings is 7. The monoisotopic (exact) mass is 640 g/mol. The lowest BCUT2D eigenvalue weighted by Gasteiger charge is -2.16. The summed E-state index contributed by atoms with van der Waals surface area (Å²) >= 11 is 0. The minimum Gasteiger partial charge on any atom is -0.456 e. The van der Waals surface area contributed by atoms with Gasteiger partial charge in [0.15, 0.2) is 17.5 Å². The highest BCUT2D eigenvalue weighted by Crippen LogP contribution is 2.39. The molecule has 5 nitrogen and oxygen atoms in total. The molecule has 0 N–H and O–H groups in total. The Hall–Kier alpha value is -6.85. The minimum atomic E-state index is 0.598. The van der Waals surface area contributed by atoms with Crippen LogP contribution in [-0.2, 0) is 0 Å². The van der Waals surface area contributed by atoms with Crippen molar-refractivity contribution in [1.29, 1.82) is 0 Å². The zero-order valence-electron chi connectivity index (χ0n) is 26.9. The Labute approximate surface area is 287 Å². The van der Waals surface area contributed by atoms with Gasteiger partial charge in [0.25, 0.3) is 0 Å². The minimum absolute atomic E-state index is 0.598. The van der Waals surface area contributed by atoms with E-state index in [1.165, 1.54) is 10.8 Å². The van der Waals surface area contributed by atoms with Crippen LogP contribution < -0.4 is 0 Å². The maximum atomic E-state index is 6.15. The van der Waals surface area contributed by atoms with Crippen LogP contribution in [0, 0.1) is 0 Å². The quantitative estimate of drug-likeness (QED) is 0.188. The van der Waals surface area contributed by atoms with Crippen molar-refractivity contribution in [3.05, 3.63) is 170 Å². The molecule has 0 aliphatic heterocycles. The molecule has 0 bridgehead atoms. The highest BCUT2D eigenvalue weighted by atomic mass is 16.3. The van der Waals surface area contributed by atoms with E-state index in [0.717, 1.165) is 66.5 Å². The fraction of sp³-hybridized carbons (Fsp3) is 0. The van der Waals surface area contributed by atoms with Gasteiger partial charge in [0.1, 0.15) is 11.2 Å². The van der Waals surface area contributed by atoms with Gasteiger partial charge in [-0.05, 0) is 59.7 Å². The van der Waals surface area contributed by atoms with Gasteiger partial charge in [0.05, 0.1) is 16.7 Å². The molecule has 234 valence electrons. The Morgan fingerprint density at radius 1 is 0.360 bits per heavy atom. The molecule has 5 heteroatoms. The third kappa shape index (κ3) is 4.60. The smallest absolute Gasteiger partial charge is 0.166 e. The van der Waals surface area contributed by atoms with Crippen LogP contribution in [0.3, 0.4) is 0 Å². The average Bonchev–Trinajstić information content (AvgIpc) is 3.74. The lowest BCUT2D eigenvalue weighted by atomic mass is 10.0. The second kappa shape index (κ2) is 11.4. The molecule has 10 rings (SSSR count). The van der Waals surface area contributed by atoms with Gasteiger partial charge in [-0.2, -0.15) is 0 Å². The van der Waals surface area contributed by atoms with E-state index in [1.54, 1.807) is 0 Å². The summed E-state index contributed by atoms with van der Waals surface area (Å²) in [6.45, 7) is 0. The van der Waals surface area contributed by atoms with Crippen LogP contribution in [0.4, 0.5) is 0 Å². The molecular formula is C45H28N4O. The zero-order valence-corrected chi connectivity index (χ0v) is 26.9. The lowest BCUT2D eigenvalue weighted by Crippen LogP contribution is -2.04. The van der Waals surface area contributed by atoms with Gasteiger partial charge in [-0.1, -0.05) is 121 Å². The third-order valence-electron chi connectivity index (χ3n) is 9.47. The largest absolute Gasteiger partial charge is 0.456 e. The molecule has 0 aliphatic rings. The molecule has 3 aromatic heterocycles. The first-order valence-corrected chi connectivity index (χ1v) is 16.7. The van der Waals surface area contributed by atoms with Crippen molar-refractivity contribution in [1.82, 2.24) is 19.5 Å². The van der Waals surface area contributed by atoms with Crippen LogP contribution in [0.2, 0.25) is 0 Å². The molecule has 0 unspecified atom stereocenters. The first-order chi connectivity index (χ1) is 24.8. The van der Waals surface area contributed by atoms with Crippen molar-refractivity contribution in [2.24, 2.45) is 0 Å². The Balaban J connectivity index is 1.26. The van der Waals surface area contributed by atoms with Crippen molar-refractivity contribution in [3.8, 4) is 51.0 Å². The normalized spacial score (nSPS) is 11.6. The molecule has 0 fully saturated rings. The summed E-state index contributed by atoms with van der Waals surface area (Å²) in [5, 5.41) is 4.48. The van der Waals surface area contributed by atoms with Crippen LogP contribution in [-0.4, -0.2) is 19.5 Å². The maximum absolute atomic E-state index is 6.15. The predicted octanol–water partition coefficient (Wildman–Crippen LogP) is 11.5. The van der Waals surface area contributed by atoms with Gasteiger partial charge >= 0.3 is 0 Å². The maximum Gasteiger partial charge on any atom is 0.166 e. The molecule has 0 amide bonds. The summed E-state index contributed by atoms with van der Waals surface area (Å²) in [7, 11) is 0. The van der Waals surface area contributed by atoms with E-state index in [-0.39, 0.29) is 0 Å². The summed E-state index contributed by atoms with van der Waals surface area (Å²) in [6.07, 6.45) is 0. The van der Waals surface area contributed by atoms with Crippen molar-refractivity contribution in [2.45, 2.75) is 0 Å². The molecule has 3 heterocycles. The lowest BCUT2D eigenvalue weighted by molar-refractivity contribution is 0.669. The van der Waals surface area contributed by atoms with Crippen LogP contribution in [0.5, 0.6) is 0 Å². The second-order valence-corrected chi connectivity index (χ2v) is 12.4. The molecule has 7 aromatic carbocycles. The van der Waals surface area contributed by atoms with Gasteiger partial charge < -0.3 is 8.98 Å². The summed E-state index contributed by atoms with van der Waals surface area (Å²) in [6, 6.07) is 58.7. The van der Waals surface area contributed by atoms with Gasteiger partial charge in [0.2, 0.25) is 0 Å². The Morgan fingerprint density at radius 3 is 1.62 bits per heavy atom. The number of nitrogens with zero attached hydrogens (tertiary/aromatic N) is 4. The predicted molar refractivity (Wildman–Crippen MR) is 203 cm³/mol. The molecule has 0 radical (unpaired) electrons. The molecule has 0 aliphatic carbocycles. The van der Waals surface area contributed by atoms with E-state index in [0.29, 0.717) is 17.5 Å². The van der Waals surface area contributed by atoms with Crippen LogP contribution >= 0.6 is 0 Å². The first-order valence-electron chi connectivity index (χ1n) is 16.7. The van der Waals surface area contributed by atoms with E-state index in [9.17, 15) is 0 Å². The Bertz CT molecular complexity index is 2820. The van der Waals surface area contributed by atoms with Gasteiger partial charge in [-0.25, -0.2) is 15.0 Å². The first kappa shape index (κ1) is 28.2. The number of para-hydroxylation sites is 3. The summed E-state index contributed by atoms with van der Waals surface area (Å²) in [5.74, 6) is 1.81.